The van der Waals surface area contributed by atoms with Crippen LogP contribution in [0.4, 0.5) is 16.0 Å². The summed E-state index contributed by atoms with van der Waals surface area (Å²) in [6.07, 6.45) is 3.10. The Morgan fingerprint density at radius 1 is 1.19 bits per heavy atom. The minimum absolute atomic E-state index is 0.158. The molecule has 0 aliphatic carbocycles. The summed E-state index contributed by atoms with van der Waals surface area (Å²) >= 11 is 0. The highest BCUT2D eigenvalue weighted by molar-refractivity contribution is 5.95. The minimum Gasteiger partial charge on any atom is -0.338 e. The molecule has 1 fully saturated rings. The van der Waals surface area contributed by atoms with Gasteiger partial charge in [0.05, 0.1) is 5.69 Å². The largest absolute Gasteiger partial charge is 0.338 e. The van der Waals surface area contributed by atoms with Crippen molar-refractivity contribution in [2.24, 2.45) is 0 Å². The predicted octanol–water partition coefficient (Wildman–Crippen LogP) is 3.68. The van der Waals surface area contributed by atoms with Crippen LogP contribution in [0.2, 0.25) is 0 Å². The van der Waals surface area contributed by atoms with Crippen LogP contribution in [0.25, 0.3) is 0 Å². The number of aromatic amines is 1. The summed E-state index contributed by atoms with van der Waals surface area (Å²) in [4.78, 5) is 38.4. The van der Waals surface area contributed by atoms with Crippen LogP contribution in [0, 0.1) is 19.7 Å². The van der Waals surface area contributed by atoms with Crippen LogP contribution in [0.15, 0.2) is 47.4 Å². The van der Waals surface area contributed by atoms with Crippen molar-refractivity contribution in [3.8, 4) is 0 Å². The van der Waals surface area contributed by atoms with Gasteiger partial charge in [-0.05, 0) is 56.5 Å². The van der Waals surface area contributed by atoms with Gasteiger partial charge in [-0.1, -0.05) is 12.1 Å². The van der Waals surface area contributed by atoms with Gasteiger partial charge in [-0.3, -0.25) is 9.59 Å². The Morgan fingerprint density at radius 2 is 1.94 bits per heavy atom. The summed E-state index contributed by atoms with van der Waals surface area (Å²) in [6.45, 7) is 4.66. The normalized spacial score (nSPS) is 14.5. The van der Waals surface area contributed by atoms with Gasteiger partial charge in [0.15, 0.2) is 0 Å². The summed E-state index contributed by atoms with van der Waals surface area (Å²) < 4.78 is 13.9. The summed E-state index contributed by atoms with van der Waals surface area (Å²) in [5, 5.41) is 2.92. The number of pyridine rings is 1. The molecule has 1 amide bonds. The van der Waals surface area contributed by atoms with Gasteiger partial charge < -0.3 is 15.2 Å². The Labute approximate surface area is 179 Å². The lowest BCUT2D eigenvalue weighted by atomic mass is 9.93. The molecule has 1 aliphatic heterocycles. The summed E-state index contributed by atoms with van der Waals surface area (Å²) in [5.41, 5.74) is 2.46. The summed E-state index contributed by atoms with van der Waals surface area (Å²) in [7, 11) is 0. The first kappa shape index (κ1) is 20.7. The average molecular weight is 421 g/mol. The molecule has 1 saturated heterocycles. The van der Waals surface area contributed by atoms with Crippen molar-refractivity contribution < 1.29 is 9.18 Å². The molecule has 160 valence electrons. The number of likely N-dealkylation sites (tertiary alicyclic amines) is 1. The van der Waals surface area contributed by atoms with E-state index >= 15 is 0 Å². The van der Waals surface area contributed by atoms with E-state index in [-0.39, 0.29) is 28.8 Å². The molecule has 31 heavy (non-hydrogen) atoms. The number of carbonyl (C=O) groups is 1. The van der Waals surface area contributed by atoms with E-state index < -0.39 is 0 Å². The number of benzene rings is 1. The topological polar surface area (TPSA) is 91.0 Å². The highest BCUT2D eigenvalue weighted by atomic mass is 19.1. The van der Waals surface area contributed by atoms with Gasteiger partial charge in [0.2, 0.25) is 5.95 Å². The van der Waals surface area contributed by atoms with Gasteiger partial charge in [0.25, 0.3) is 11.5 Å². The fraction of sp³-hybridized carbons (Fsp3) is 0.304. The monoisotopic (exact) mass is 421 g/mol. The number of halogens is 1. The number of amides is 1. The van der Waals surface area contributed by atoms with Crippen molar-refractivity contribution in [1.82, 2.24) is 19.9 Å². The van der Waals surface area contributed by atoms with Gasteiger partial charge >= 0.3 is 0 Å². The Balaban J connectivity index is 1.44. The molecule has 4 rings (SSSR count). The second-order valence-corrected chi connectivity index (χ2v) is 7.82. The molecule has 0 spiro atoms. The summed E-state index contributed by atoms with van der Waals surface area (Å²) in [5.74, 6) is -0.111. The standard InChI is InChI=1S/C23H24FN5O2/c1-14-13-15(2)26-21(30)20(14)22(31)29-11-8-16(9-12-29)18-7-10-25-23(27-18)28-19-6-4-3-5-17(19)24/h3-7,10,13,16H,8-9,11-12H2,1-2H3,(H,26,30)(H,25,27,28). The molecule has 3 heterocycles. The number of carbonyl (C=O) groups excluding carboxylic acids is 1. The number of hydrogen-bond donors (Lipinski definition) is 2. The second kappa shape index (κ2) is 8.67. The molecule has 1 aliphatic rings. The predicted molar refractivity (Wildman–Crippen MR) is 116 cm³/mol. The minimum atomic E-state index is -0.371. The zero-order valence-electron chi connectivity index (χ0n) is 17.5. The van der Waals surface area contributed by atoms with Crippen LogP contribution in [0.1, 0.15) is 46.1 Å². The molecule has 0 saturated carbocycles. The Hall–Kier alpha value is -3.55. The molecule has 0 unspecified atom stereocenters. The number of hydrogen-bond acceptors (Lipinski definition) is 5. The number of para-hydroxylation sites is 1. The maximum absolute atomic E-state index is 13.9. The Morgan fingerprint density at radius 3 is 2.65 bits per heavy atom. The molecular formula is C23H24FN5O2. The van der Waals surface area contributed by atoms with Gasteiger partial charge in [-0.2, -0.15) is 0 Å². The third-order valence-corrected chi connectivity index (χ3v) is 5.58. The van der Waals surface area contributed by atoms with Crippen molar-refractivity contribution in [2.45, 2.75) is 32.6 Å². The van der Waals surface area contributed by atoms with E-state index in [1.807, 2.05) is 12.1 Å². The SMILES string of the molecule is Cc1cc(C)c(C(=O)N2CCC(c3ccnc(Nc4ccccc4F)n3)CC2)c(=O)[nH]1. The van der Waals surface area contributed by atoms with E-state index in [0.717, 1.165) is 24.2 Å². The zero-order chi connectivity index (χ0) is 22.0. The third-order valence-electron chi connectivity index (χ3n) is 5.58. The molecule has 0 radical (unpaired) electrons. The first-order valence-corrected chi connectivity index (χ1v) is 10.3. The lowest BCUT2D eigenvalue weighted by Crippen LogP contribution is -2.40. The Kier molecular flexibility index (Phi) is 5.79. The number of aryl methyl sites for hydroxylation is 2. The van der Waals surface area contributed by atoms with Crippen LogP contribution in [-0.2, 0) is 0 Å². The first-order valence-electron chi connectivity index (χ1n) is 10.3. The van der Waals surface area contributed by atoms with Crippen molar-refractivity contribution in [1.29, 1.82) is 0 Å². The van der Waals surface area contributed by atoms with Crippen molar-refractivity contribution in [2.75, 3.05) is 18.4 Å². The molecule has 8 heteroatoms. The molecule has 1 aromatic carbocycles. The molecule has 7 nitrogen and oxygen atoms in total. The van der Waals surface area contributed by atoms with E-state index in [1.54, 1.807) is 43.1 Å². The van der Waals surface area contributed by atoms with E-state index in [1.165, 1.54) is 6.07 Å². The third kappa shape index (κ3) is 4.47. The van der Waals surface area contributed by atoms with Crippen LogP contribution in [0.5, 0.6) is 0 Å². The van der Waals surface area contributed by atoms with E-state index in [9.17, 15) is 14.0 Å². The van der Waals surface area contributed by atoms with E-state index in [2.05, 4.69) is 20.3 Å². The van der Waals surface area contributed by atoms with Crippen molar-refractivity contribution in [3.63, 3.8) is 0 Å². The highest BCUT2D eigenvalue weighted by Gasteiger charge is 2.27. The van der Waals surface area contributed by atoms with Crippen molar-refractivity contribution >= 4 is 17.5 Å². The quantitative estimate of drug-likeness (QED) is 0.671. The lowest BCUT2D eigenvalue weighted by molar-refractivity contribution is 0.0709. The number of aromatic nitrogens is 3. The molecule has 2 aromatic heterocycles. The molecule has 0 atom stereocenters. The highest BCUT2D eigenvalue weighted by Crippen LogP contribution is 2.28. The molecule has 3 aromatic rings. The van der Waals surface area contributed by atoms with Crippen molar-refractivity contribution in [3.05, 3.63) is 81.3 Å². The maximum Gasteiger partial charge on any atom is 0.261 e. The number of piperidine rings is 1. The van der Waals surface area contributed by atoms with Gasteiger partial charge in [0.1, 0.15) is 11.4 Å². The van der Waals surface area contributed by atoms with Crippen LogP contribution in [-0.4, -0.2) is 38.8 Å². The number of nitrogens with one attached hydrogen (secondary N) is 2. The lowest BCUT2D eigenvalue weighted by Gasteiger charge is -2.32. The van der Waals surface area contributed by atoms with Gasteiger partial charge in [-0.15, -0.1) is 0 Å². The summed E-state index contributed by atoms with van der Waals surface area (Å²) in [6, 6.07) is 10.0. The van der Waals surface area contributed by atoms with E-state index in [0.29, 0.717) is 30.3 Å². The molecule has 2 N–H and O–H groups in total. The van der Waals surface area contributed by atoms with Gasteiger partial charge in [0, 0.05) is 36.6 Å². The Bertz CT molecular complexity index is 1170. The molecular weight excluding hydrogens is 397 g/mol. The number of anilines is 2. The fourth-order valence-electron chi connectivity index (χ4n) is 4.00. The van der Waals surface area contributed by atoms with Gasteiger partial charge in [-0.25, -0.2) is 14.4 Å². The number of H-pyrrole nitrogens is 1. The smallest absolute Gasteiger partial charge is 0.261 e. The van der Waals surface area contributed by atoms with Crippen LogP contribution >= 0.6 is 0 Å². The maximum atomic E-state index is 13.9. The average Bonchev–Trinajstić information content (AvgIpc) is 2.75. The second-order valence-electron chi connectivity index (χ2n) is 7.82. The molecule has 0 bridgehead atoms. The number of nitrogens with zero attached hydrogens (tertiary/aromatic N) is 3. The van der Waals surface area contributed by atoms with Crippen LogP contribution in [0.3, 0.4) is 0 Å². The number of rotatable bonds is 4. The zero-order valence-corrected chi connectivity index (χ0v) is 17.5. The first-order chi connectivity index (χ1) is 14.9. The van der Waals surface area contributed by atoms with E-state index in [4.69, 9.17) is 0 Å². The van der Waals surface area contributed by atoms with Crippen LogP contribution < -0.4 is 10.9 Å². The fourth-order valence-corrected chi connectivity index (χ4v) is 4.00.